The number of aromatic nitrogens is 5. The first-order valence-electron chi connectivity index (χ1n) is 6.93. The summed E-state index contributed by atoms with van der Waals surface area (Å²) < 4.78 is 1.59. The summed E-state index contributed by atoms with van der Waals surface area (Å²) in [6.45, 7) is 5.77. The molecule has 3 rings (SSSR count). The molecular weight excluding hydrogens is 254 g/mol. The summed E-state index contributed by atoms with van der Waals surface area (Å²) in [5, 5.41) is 4.50. The fourth-order valence-corrected chi connectivity index (χ4v) is 2.52. The van der Waals surface area contributed by atoms with Gasteiger partial charge < -0.3 is 10.6 Å². The van der Waals surface area contributed by atoms with Crippen LogP contribution < -0.4 is 10.6 Å². The topological polar surface area (TPSA) is 85.8 Å². The summed E-state index contributed by atoms with van der Waals surface area (Å²) in [7, 11) is 0. The molecule has 1 aliphatic rings. The normalized spacial score (nSPS) is 15.6. The van der Waals surface area contributed by atoms with Crippen LogP contribution in [0.25, 0.3) is 5.82 Å². The Kier molecular flexibility index (Phi) is 3.25. The predicted octanol–water partition coefficient (Wildman–Crippen LogP) is 1.25. The van der Waals surface area contributed by atoms with Crippen molar-refractivity contribution in [2.75, 3.05) is 23.7 Å². The zero-order valence-electron chi connectivity index (χ0n) is 11.9. The van der Waals surface area contributed by atoms with Gasteiger partial charge in [-0.25, -0.2) is 9.97 Å². The van der Waals surface area contributed by atoms with Gasteiger partial charge in [0.1, 0.15) is 5.82 Å². The molecule has 0 radical (unpaired) electrons. The molecule has 0 atom stereocenters. The van der Waals surface area contributed by atoms with E-state index in [1.54, 1.807) is 4.68 Å². The van der Waals surface area contributed by atoms with Gasteiger partial charge in [-0.3, -0.25) is 0 Å². The van der Waals surface area contributed by atoms with Gasteiger partial charge in [-0.05, 0) is 33.1 Å². The molecule has 1 fully saturated rings. The summed E-state index contributed by atoms with van der Waals surface area (Å²) in [4.78, 5) is 15.2. The van der Waals surface area contributed by atoms with Crippen LogP contribution >= 0.6 is 0 Å². The molecule has 0 aromatic carbocycles. The molecule has 0 aliphatic carbocycles. The maximum Gasteiger partial charge on any atom is 0.247 e. The molecule has 20 heavy (non-hydrogen) atoms. The quantitative estimate of drug-likeness (QED) is 0.886. The smallest absolute Gasteiger partial charge is 0.247 e. The fraction of sp³-hybridized carbons (Fsp3) is 0.538. The lowest BCUT2D eigenvalue weighted by molar-refractivity contribution is 0.567. The number of aryl methyl sites for hydroxylation is 2. The largest absolute Gasteiger partial charge is 0.368 e. The molecule has 0 saturated carbocycles. The Bertz CT molecular complexity index is 593. The molecular formula is C13H19N7. The maximum atomic E-state index is 5.98. The van der Waals surface area contributed by atoms with Gasteiger partial charge in [0.25, 0.3) is 0 Å². The van der Waals surface area contributed by atoms with Gasteiger partial charge in [0.2, 0.25) is 11.9 Å². The lowest BCUT2D eigenvalue weighted by Crippen LogP contribution is -2.30. The van der Waals surface area contributed by atoms with Crippen LogP contribution in [0.2, 0.25) is 0 Å². The van der Waals surface area contributed by atoms with E-state index in [4.69, 9.17) is 5.73 Å². The van der Waals surface area contributed by atoms with E-state index in [2.05, 4.69) is 25.0 Å². The Balaban J connectivity index is 1.95. The van der Waals surface area contributed by atoms with Gasteiger partial charge in [-0.1, -0.05) is 0 Å². The highest BCUT2D eigenvalue weighted by Crippen LogP contribution is 2.19. The van der Waals surface area contributed by atoms with Crippen LogP contribution in [0, 0.1) is 13.8 Å². The van der Waals surface area contributed by atoms with Crippen molar-refractivity contribution in [1.29, 1.82) is 0 Å². The zero-order chi connectivity index (χ0) is 14.1. The van der Waals surface area contributed by atoms with E-state index in [1.165, 1.54) is 19.3 Å². The minimum Gasteiger partial charge on any atom is -0.368 e. The van der Waals surface area contributed by atoms with E-state index in [0.717, 1.165) is 18.8 Å². The third-order valence-electron chi connectivity index (χ3n) is 3.43. The minimum absolute atomic E-state index is 0.364. The highest BCUT2D eigenvalue weighted by Gasteiger charge is 2.18. The van der Waals surface area contributed by atoms with Crippen molar-refractivity contribution in [3.05, 3.63) is 17.6 Å². The van der Waals surface area contributed by atoms with Crippen LogP contribution in [0.4, 0.5) is 11.9 Å². The number of anilines is 2. The van der Waals surface area contributed by atoms with Crippen LogP contribution in [0.3, 0.4) is 0 Å². The van der Waals surface area contributed by atoms with Crippen LogP contribution in [0.1, 0.15) is 30.8 Å². The van der Waals surface area contributed by atoms with Gasteiger partial charge in [-0.15, -0.1) is 5.10 Å². The minimum atomic E-state index is 0.364. The Morgan fingerprint density at radius 2 is 1.80 bits per heavy atom. The summed E-state index contributed by atoms with van der Waals surface area (Å²) in [5.41, 5.74) is 6.87. The second-order valence-corrected chi connectivity index (χ2v) is 5.14. The van der Waals surface area contributed by atoms with Crippen molar-refractivity contribution in [2.24, 2.45) is 0 Å². The lowest BCUT2D eigenvalue weighted by atomic mass is 10.1. The molecule has 7 heteroatoms. The Labute approximate surface area is 117 Å². The monoisotopic (exact) mass is 273 g/mol. The first-order chi connectivity index (χ1) is 9.63. The maximum absolute atomic E-state index is 5.98. The molecule has 7 nitrogen and oxygen atoms in total. The van der Waals surface area contributed by atoms with E-state index in [9.17, 15) is 0 Å². The second-order valence-electron chi connectivity index (χ2n) is 5.14. The number of piperidine rings is 1. The molecule has 2 N–H and O–H groups in total. The number of rotatable bonds is 2. The van der Waals surface area contributed by atoms with E-state index in [1.807, 2.05) is 19.9 Å². The molecule has 1 saturated heterocycles. The summed E-state index contributed by atoms with van der Waals surface area (Å²) in [5.74, 6) is 2.43. The zero-order valence-corrected chi connectivity index (χ0v) is 11.9. The van der Waals surface area contributed by atoms with Crippen molar-refractivity contribution in [2.45, 2.75) is 33.1 Å². The molecule has 106 valence electrons. The summed E-state index contributed by atoms with van der Waals surface area (Å²) in [6, 6.07) is 1.86. The van der Waals surface area contributed by atoms with E-state index in [0.29, 0.717) is 23.5 Å². The average molecular weight is 273 g/mol. The molecule has 2 aromatic heterocycles. The van der Waals surface area contributed by atoms with Crippen molar-refractivity contribution >= 4 is 11.9 Å². The van der Waals surface area contributed by atoms with Gasteiger partial charge in [0.15, 0.2) is 5.82 Å². The molecule has 1 aliphatic heterocycles. The molecule has 0 spiro atoms. The Morgan fingerprint density at radius 3 is 2.50 bits per heavy atom. The molecule has 0 unspecified atom stereocenters. The number of hydrogen-bond donors (Lipinski definition) is 1. The molecule has 3 heterocycles. The van der Waals surface area contributed by atoms with Gasteiger partial charge in [0, 0.05) is 24.8 Å². The van der Waals surface area contributed by atoms with Crippen LogP contribution in [0.5, 0.6) is 0 Å². The molecule has 0 bridgehead atoms. The van der Waals surface area contributed by atoms with E-state index >= 15 is 0 Å². The van der Waals surface area contributed by atoms with Crippen molar-refractivity contribution in [3.63, 3.8) is 0 Å². The van der Waals surface area contributed by atoms with Crippen molar-refractivity contribution < 1.29 is 0 Å². The van der Waals surface area contributed by atoms with Crippen LogP contribution in [0.15, 0.2) is 6.07 Å². The van der Waals surface area contributed by atoms with Crippen molar-refractivity contribution in [1.82, 2.24) is 24.7 Å². The number of nitrogens with zero attached hydrogens (tertiary/aromatic N) is 6. The average Bonchev–Trinajstić information content (AvgIpc) is 2.81. The number of hydrogen-bond acceptors (Lipinski definition) is 6. The second kappa shape index (κ2) is 5.07. The molecule has 2 aromatic rings. The highest BCUT2D eigenvalue weighted by atomic mass is 15.5. The lowest BCUT2D eigenvalue weighted by Gasteiger charge is -2.24. The van der Waals surface area contributed by atoms with E-state index < -0.39 is 0 Å². The Morgan fingerprint density at radius 1 is 1.05 bits per heavy atom. The van der Waals surface area contributed by atoms with Crippen LogP contribution in [-0.2, 0) is 0 Å². The van der Waals surface area contributed by atoms with E-state index in [-0.39, 0.29) is 0 Å². The first-order valence-corrected chi connectivity index (χ1v) is 6.93. The standard InChI is InChI=1S/C13H19N7/c1-9-8-11(16-10(2)15-9)20-12(14)17-13(18-20)19-6-4-3-5-7-19/h8H,3-7H2,1-2H3,(H2,14,17,18). The summed E-state index contributed by atoms with van der Waals surface area (Å²) >= 11 is 0. The van der Waals surface area contributed by atoms with Gasteiger partial charge in [0.05, 0.1) is 0 Å². The van der Waals surface area contributed by atoms with Gasteiger partial charge in [-0.2, -0.15) is 9.67 Å². The van der Waals surface area contributed by atoms with Crippen LogP contribution in [-0.4, -0.2) is 37.8 Å². The summed E-state index contributed by atoms with van der Waals surface area (Å²) in [6.07, 6.45) is 3.64. The third-order valence-corrected chi connectivity index (χ3v) is 3.43. The first kappa shape index (κ1) is 12.8. The SMILES string of the molecule is Cc1cc(-n2nc(N3CCCCC3)nc2N)nc(C)n1. The van der Waals surface area contributed by atoms with Gasteiger partial charge >= 0.3 is 0 Å². The molecule has 0 amide bonds. The highest BCUT2D eigenvalue weighted by molar-refractivity contribution is 5.40. The number of nitrogen functional groups attached to an aromatic ring is 1. The number of nitrogens with two attached hydrogens (primary N) is 1. The third kappa shape index (κ3) is 2.43. The predicted molar refractivity (Wildman–Crippen MR) is 76.9 cm³/mol. The van der Waals surface area contributed by atoms with Crippen molar-refractivity contribution in [3.8, 4) is 5.82 Å². The Hall–Kier alpha value is -2.18. The fourth-order valence-electron chi connectivity index (χ4n) is 2.52.